The number of hydrogen-bond donors (Lipinski definition) is 0. The number of ether oxygens (including phenoxy) is 1. The number of ketones is 1. The van der Waals surface area contributed by atoms with Crippen molar-refractivity contribution < 1.29 is 23.1 Å². The largest absolute Gasteiger partial charge is 0.444 e. The second-order valence-corrected chi connectivity index (χ2v) is 12.2. The number of piperidine rings is 1. The van der Waals surface area contributed by atoms with E-state index in [9.17, 15) is 18.4 Å². The van der Waals surface area contributed by atoms with Gasteiger partial charge in [0.1, 0.15) is 11.4 Å². The summed E-state index contributed by atoms with van der Waals surface area (Å²) in [5.74, 6) is -2.44. The van der Waals surface area contributed by atoms with Crippen molar-refractivity contribution in [1.29, 1.82) is 0 Å². The van der Waals surface area contributed by atoms with Crippen LogP contribution >= 0.6 is 0 Å². The number of aryl methyl sites for hydroxylation is 1. The molecule has 1 aliphatic heterocycles. The number of carbonyl (C=O) groups excluding carboxylic acids is 2. The summed E-state index contributed by atoms with van der Waals surface area (Å²) in [5.41, 5.74) is 4.01. The minimum Gasteiger partial charge on any atom is -0.444 e. The van der Waals surface area contributed by atoms with Gasteiger partial charge in [0.15, 0.2) is 11.6 Å². The van der Waals surface area contributed by atoms with Gasteiger partial charge in [-0.05, 0) is 81.3 Å². The summed E-state index contributed by atoms with van der Waals surface area (Å²) >= 11 is 0. The first-order valence-electron chi connectivity index (χ1n) is 14.5. The Morgan fingerprint density at radius 3 is 2.47 bits per heavy atom. The van der Waals surface area contributed by atoms with E-state index < -0.39 is 23.3 Å². The van der Waals surface area contributed by atoms with Gasteiger partial charge in [-0.2, -0.15) is 10.2 Å². The molecule has 0 N–H and O–H groups in total. The van der Waals surface area contributed by atoms with Gasteiger partial charge in [0.2, 0.25) is 0 Å². The topological polar surface area (TPSA) is 82.3 Å². The molecule has 8 nitrogen and oxygen atoms in total. The van der Waals surface area contributed by atoms with Crippen molar-refractivity contribution in [2.75, 3.05) is 13.1 Å². The number of halogens is 2. The molecular weight excluding hydrogens is 552 g/mol. The molecule has 0 saturated carbocycles. The van der Waals surface area contributed by atoms with Crippen LogP contribution in [0.2, 0.25) is 0 Å². The number of para-hydroxylation sites is 1. The number of benzene rings is 2. The van der Waals surface area contributed by atoms with Crippen LogP contribution in [0.3, 0.4) is 0 Å². The number of aromatic nitrogens is 4. The third-order valence-electron chi connectivity index (χ3n) is 7.83. The van der Waals surface area contributed by atoms with Crippen molar-refractivity contribution in [3.05, 3.63) is 89.4 Å². The smallest absolute Gasteiger partial charge is 0.410 e. The van der Waals surface area contributed by atoms with Crippen LogP contribution in [0.15, 0.2) is 60.9 Å². The molecule has 4 aromatic rings. The molecule has 1 aliphatic rings. The van der Waals surface area contributed by atoms with E-state index in [0.717, 1.165) is 34.3 Å². The molecule has 3 heterocycles. The zero-order chi connectivity index (χ0) is 30.9. The zero-order valence-corrected chi connectivity index (χ0v) is 25.2. The summed E-state index contributed by atoms with van der Waals surface area (Å²) in [5, 5.41) is 9.16. The van der Waals surface area contributed by atoms with Crippen LogP contribution in [0.4, 0.5) is 13.6 Å². The van der Waals surface area contributed by atoms with Crippen LogP contribution in [0.1, 0.15) is 56.4 Å². The van der Waals surface area contributed by atoms with Gasteiger partial charge in [0.05, 0.1) is 23.3 Å². The normalized spacial score (nSPS) is 17.2. The fourth-order valence-electron chi connectivity index (χ4n) is 5.80. The molecule has 0 aliphatic carbocycles. The van der Waals surface area contributed by atoms with E-state index >= 15 is 0 Å². The van der Waals surface area contributed by atoms with E-state index in [0.29, 0.717) is 18.5 Å². The third kappa shape index (κ3) is 6.84. The van der Waals surface area contributed by atoms with Crippen LogP contribution in [0.5, 0.6) is 0 Å². The van der Waals surface area contributed by atoms with Gasteiger partial charge in [0.25, 0.3) is 0 Å². The minimum atomic E-state index is -0.928. The summed E-state index contributed by atoms with van der Waals surface area (Å²) in [7, 11) is 1.84. The van der Waals surface area contributed by atoms with Crippen LogP contribution in [0, 0.1) is 24.5 Å². The van der Waals surface area contributed by atoms with E-state index in [1.165, 1.54) is 6.07 Å². The lowest BCUT2D eigenvalue weighted by Crippen LogP contribution is -2.45. The quantitative estimate of drug-likeness (QED) is 0.249. The van der Waals surface area contributed by atoms with Gasteiger partial charge in [-0.1, -0.05) is 24.3 Å². The van der Waals surface area contributed by atoms with Gasteiger partial charge >= 0.3 is 6.09 Å². The lowest BCUT2D eigenvalue weighted by molar-refractivity contribution is -0.120. The van der Waals surface area contributed by atoms with Crippen molar-refractivity contribution in [3.63, 3.8) is 0 Å². The SMILES string of the molecule is Cc1c(-c2cnn(C)c2)nn(-c2ccccc2)c1CC(=O)CC1CN(C(=O)OC(C)(C)C)CCC1c1ccc(F)c(F)c1. The van der Waals surface area contributed by atoms with E-state index in [4.69, 9.17) is 9.84 Å². The van der Waals surface area contributed by atoms with Crippen molar-refractivity contribution in [1.82, 2.24) is 24.5 Å². The average molecular weight is 590 g/mol. The van der Waals surface area contributed by atoms with E-state index in [1.807, 2.05) is 50.5 Å². The molecule has 0 radical (unpaired) electrons. The lowest BCUT2D eigenvalue weighted by Gasteiger charge is -2.39. The fourth-order valence-corrected chi connectivity index (χ4v) is 5.80. The summed E-state index contributed by atoms with van der Waals surface area (Å²) < 4.78 is 37.1. The highest BCUT2D eigenvalue weighted by Gasteiger charge is 2.36. The molecule has 43 heavy (non-hydrogen) atoms. The first-order valence-corrected chi connectivity index (χ1v) is 14.5. The zero-order valence-electron chi connectivity index (χ0n) is 25.2. The molecule has 2 unspecified atom stereocenters. The molecular formula is C33H37F2N5O3. The maximum atomic E-state index is 14.3. The van der Waals surface area contributed by atoms with Gasteiger partial charge in [-0.3, -0.25) is 9.48 Å². The number of Topliss-reactive ketones (excluding diaryl/α,β-unsaturated/α-hetero) is 1. The van der Waals surface area contributed by atoms with Gasteiger partial charge < -0.3 is 9.64 Å². The molecule has 0 bridgehead atoms. The third-order valence-corrected chi connectivity index (χ3v) is 7.83. The molecule has 226 valence electrons. The number of likely N-dealkylation sites (tertiary alicyclic amines) is 1. The number of amides is 1. The van der Waals surface area contributed by atoms with Crippen molar-refractivity contribution in [3.8, 4) is 16.9 Å². The Balaban J connectivity index is 1.44. The highest BCUT2D eigenvalue weighted by atomic mass is 19.2. The first-order chi connectivity index (χ1) is 20.4. The predicted molar refractivity (Wildman–Crippen MR) is 159 cm³/mol. The molecule has 0 spiro atoms. The average Bonchev–Trinajstić information content (AvgIpc) is 3.52. The Morgan fingerprint density at radius 1 is 1.07 bits per heavy atom. The van der Waals surface area contributed by atoms with E-state index in [1.54, 1.807) is 47.3 Å². The van der Waals surface area contributed by atoms with Gasteiger partial charge in [0, 0.05) is 44.7 Å². The Labute approximate surface area is 250 Å². The minimum absolute atomic E-state index is 0.0402. The molecule has 5 rings (SSSR count). The van der Waals surface area contributed by atoms with Crippen LogP contribution in [-0.2, 0) is 23.0 Å². The predicted octanol–water partition coefficient (Wildman–Crippen LogP) is 6.40. The Bertz CT molecular complexity index is 1620. The summed E-state index contributed by atoms with van der Waals surface area (Å²) in [4.78, 5) is 28.4. The molecule has 2 atom stereocenters. The lowest BCUT2D eigenvalue weighted by atomic mass is 9.77. The second-order valence-electron chi connectivity index (χ2n) is 12.2. The maximum absolute atomic E-state index is 14.3. The Kier molecular flexibility index (Phi) is 8.48. The molecule has 10 heteroatoms. The maximum Gasteiger partial charge on any atom is 0.410 e. The van der Waals surface area contributed by atoms with Gasteiger partial charge in [-0.15, -0.1) is 0 Å². The van der Waals surface area contributed by atoms with Crippen molar-refractivity contribution in [2.24, 2.45) is 13.0 Å². The van der Waals surface area contributed by atoms with Gasteiger partial charge in [-0.25, -0.2) is 18.3 Å². The van der Waals surface area contributed by atoms with E-state index in [-0.39, 0.29) is 37.0 Å². The van der Waals surface area contributed by atoms with Crippen LogP contribution in [0.25, 0.3) is 16.9 Å². The molecule has 1 fully saturated rings. The number of carbonyl (C=O) groups is 2. The number of hydrogen-bond acceptors (Lipinski definition) is 5. The van der Waals surface area contributed by atoms with E-state index in [2.05, 4.69) is 5.10 Å². The Hall–Kier alpha value is -4.34. The summed E-state index contributed by atoms with van der Waals surface area (Å²) in [6, 6.07) is 13.5. The highest BCUT2D eigenvalue weighted by molar-refractivity contribution is 5.82. The monoisotopic (exact) mass is 589 g/mol. The van der Waals surface area contributed by atoms with Crippen molar-refractivity contribution >= 4 is 11.9 Å². The van der Waals surface area contributed by atoms with Crippen LogP contribution < -0.4 is 0 Å². The first kappa shape index (κ1) is 30.1. The standard InChI is InChI=1S/C33H37F2N5O3/c1-21-30(40(25-9-7-6-8-10-25)37-31(21)24-18-36-38(5)19-24)17-26(41)15-23-20-39(32(42)43-33(2,3)4)14-13-27(23)22-11-12-28(34)29(35)16-22/h6-12,16,18-19,23,27H,13-15,17,20H2,1-5H3. The fraction of sp³-hybridized carbons (Fsp3) is 0.394. The number of rotatable bonds is 7. The van der Waals surface area contributed by atoms with Crippen molar-refractivity contribution in [2.45, 2.75) is 58.5 Å². The summed E-state index contributed by atoms with van der Waals surface area (Å²) in [6.07, 6.45) is 3.93. The number of nitrogens with zero attached hydrogens (tertiary/aromatic N) is 5. The van der Waals surface area contributed by atoms with Crippen LogP contribution in [-0.4, -0.2) is 55.0 Å². The molecule has 1 saturated heterocycles. The highest BCUT2D eigenvalue weighted by Crippen LogP contribution is 2.37. The summed E-state index contributed by atoms with van der Waals surface area (Å²) in [6.45, 7) is 8.01. The molecule has 2 aromatic heterocycles. The second kappa shape index (κ2) is 12.1. The molecule has 1 amide bonds. The Morgan fingerprint density at radius 2 is 1.81 bits per heavy atom. The molecule has 2 aromatic carbocycles.